The summed E-state index contributed by atoms with van der Waals surface area (Å²) in [5.41, 5.74) is 0.181. The minimum absolute atomic E-state index is 0.0816. The number of hydrogen-bond donors (Lipinski definition) is 1. The van der Waals surface area contributed by atoms with E-state index in [1.165, 1.54) is 12.1 Å². The molecule has 0 aliphatic rings. The third-order valence-corrected chi connectivity index (χ3v) is 2.00. The maximum atomic E-state index is 13.2. The maximum absolute atomic E-state index is 13.2. The Hall–Kier alpha value is -1.40. The van der Waals surface area contributed by atoms with E-state index >= 15 is 0 Å². The van der Waals surface area contributed by atoms with Gasteiger partial charge in [0.25, 0.3) is 0 Å². The van der Waals surface area contributed by atoms with Gasteiger partial charge in [0.15, 0.2) is 11.6 Å². The van der Waals surface area contributed by atoms with Crippen molar-refractivity contribution in [2.75, 3.05) is 0 Å². The third-order valence-electron chi connectivity index (χ3n) is 2.00. The zero-order chi connectivity index (χ0) is 11.3. The van der Waals surface area contributed by atoms with E-state index in [0.29, 0.717) is 0 Å². The molecule has 0 amide bonds. The molecule has 0 fully saturated rings. The molecular weight excluding hydrogens is 198 g/mol. The van der Waals surface area contributed by atoms with Crippen LogP contribution in [0.15, 0.2) is 18.2 Å². The third kappa shape index (κ3) is 3.34. The number of aliphatic hydroxyl groups is 1. The van der Waals surface area contributed by atoms with Gasteiger partial charge in [0.05, 0.1) is 6.10 Å². The topological polar surface area (TPSA) is 20.2 Å². The Balaban J connectivity index is 2.70. The molecular formula is C12H12F2O. The summed E-state index contributed by atoms with van der Waals surface area (Å²) >= 11 is 0. The van der Waals surface area contributed by atoms with Crippen molar-refractivity contribution in [1.82, 2.24) is 0 Å². The van der Waals surface area contributed by atoms with Crippen LogP contribution >= 0.6 is 0 Å². The Morgan fingerprint density at radius 3 is 2.80 bits per heavy atom. The first kappa shape index (κ1) is 11.7. The minimum Gasteiger partial charge on any atom is -0.392 e. The molecule has 1 aromatic rings. The van der Waals surface area contributed by atoms with Crippen LogP contribution in [0.2, 0.25) is 0 Å². The van der Waals surface area contributed by atoms with Crippen LogP contribution in [0.3, 0.4) is 0 Å². The Labute approximate surface area is 87.7 Å². The van der Waals surface area contributed by atoms with Gasteiger partial charge in [0, 0.05) is 12.8 Å². The molecule has 0 bridgehead atoms. The highest BCUT2D eigenvalue weighted by Crippen LogP contribution is 2.14. The molecule has 1 rings (SSSR count). The highest BCUT2D eigenvalue weighted by molar-refractivity contribution is 5.20. The number of hydrogen-bond acceptors (Lipinski definition) is 1. The average molecular weight is 210 g/mol. The van der Waals surface area contributed by atoms with Crippen molar-refractivity contribution in [2.24, 2.45) is 0 Å². The lowest BCUT2D eigenvalue weighted by molar-refractivity contribution is 0.179. The van der Waals surface area contributed by atoms with Crippen LogP contribution in [0.4, 0.5) is 8.78 Å². The summed E-state index contributed by atoms with van der Waals surface area (Å²) in [5.74, 6) is 3.54. The summed E-state index contributed by atoms with van der Waals surface area (Å²) in [6.07, 6.45) is -0.404. The molecule has 1 atom stereocenters. The van der Waals surface area contributed by atoms with Gasteiger partial charge in [-0.3, -0.25) is 0 Å². The smallest absolute Gasteiger partial charge is 0.162 e. The summed E-state index contributed by atoms with van der Waals surface area (Å²) < 4.78 is 26.0. The van der Waals surface area contributed by atoms with Crippen molar-refractivity contribution in [3.05, 3.63) is 35.4 Å². The molecule has 3 heteroatoms. The normalized spacial score (nSPS) is 11.7. The first-order valence-electron chi connectivity index (χ1n) is 4.65. The Kier molecular flexibility index (Phi) is 4.26. The summed E-state index contributed by atoms with van der Waals surface area (Å²) in [4.78, 5) is 0. The second-order valence-corrected chi connectivity index (χ2v) is 3.20. The van der Waals surface area contributed by atoms with E-state index in [-0.39, 0.29) is 18.4 Å². The molecule has 0 saturated heterocycles. The van der Waals surface area contributed by atoms with E-state index in [9.17, 15) is 13.9 Å². The van der Waals surface area contributed by atoms with Crippen molar-refractivity contribution in [2.45, 2.75) is 25.9 Å². The highest BCUT2D eigenvalue weighted by Gasteiger charge is 2.11. The van der Waals surface area contributed by atoms with Gasteiger partial charge >= 0.3 is 0 Å². The minimum atomic E-state index is -0.888. The maximum Gasteiger partial charge on any atom is 0.162 e. The van der Waals surface area contributed by atoms with E-state index in [0.717, 1.165) is 6.07 Å². The molecule has 15 heavy (non-hydrogen) atoms. The number of benzene rings is 1. The first-order valence-corrected chi connectivity index (χ1v) is 4.65. The average Bonchev–Trinajstić information content (AvgIpc) is 2.22. The summed E-state index contributed by atoms with van der Waals surface area (Å²) in [5, 5.41) is 9.46. The number of rotatable bonds is 3. The van der Waals surface area contributed by atoms with Gasteiger partial charge in [-0.2, -0.15) is 0 Å². The van der Waals surface area contributed by atoms with Gasteiger partial charge in [-0.25, -0.2) is 8.78 Å². The second kappa shape index (κ2) is 5.47. The largest absolute Gasteiger partial charge is 0.392 e. The molecule has 0 saturated carbocycles. The SMILES string of the molecule is CC#CCC(O)Cc1cccc(F)c1F. The Bertz CT molecular complexity index is 390. The number of aliphatic hydroxyl groups excluding tert-OH is 1. The van der Waals surface area contributed by atoms with E-state index in [4.69, 9.17) is 0 Å². The first-order chi connectivity index (χ1) is 7.15. The lowest BCUT2D eigenvalue weighted by Gasteiger charge is -2.08. The summed E-state index contributed by atoms with van der Waals surface area (Å²) in [7, 11) is 0. The van der Waals surface area contributed by atoms with Gasteiger partial charge in [0.1, 0.15) is 0 Å². The van der Waals surface area contributed by atoms with Crippen molar-refractivity contribution < 1.29 is 13.9 Å². The van der Waals surface area contributed by atoms with Crippen LogP contribution in [0.1, 0.15) is 18.9 Å². The van der Waals surface area contributed by atoms with Crippen molar-refractivity contribution in [3.63, 3.8) is 0 Å². The molecule has 0 aliphatic heterocycles. The summed E-state index contributed by atoms with van der Waals surface area (Å²) in [6, 6.07) is 3.93. The quantitative estimate of drug-likeness (QED) is 0.759. The second-order valence-electron chi connectivity index (χ2n) is 3.20. The van der Waals surface area contributed by atoms with E-state index in [1.54, 1.807) is 6.92 Å². The van der Waals surface area contributed by atoms with Crippen LogP contribution < -0.4 is 0 Å². The lowest BCUT2D eigenvalue weighted by atomic mass is 10.1. The molecule has 0 radical (unpaired) electrons. The van der Waals surface area contributed by atoms with Gasteiger partial charge in [-0.1, -0.05) is 12.1 Å². The van der Waals surface area contributed by atoms with Crippen LogP contribution in [0, 0.1) is 23.5 Å². The Morgan fingerprint density at radius 2 is 2.13 bits per heavy atom. The fourth-order valence-electron chi connectivity index (χ4n) is 1.25. The highest BCUT2D eigenvalue weighted by atomic mass is 19.2. The zero-order valence-electron chi connectivity index (χ0n) is 8.43. The van der Waals surface area contributed by atoms with Crippen molar-refractivity contribution in [1.29, 1.82) is 0 Å². The molecule has 1 unspecified atom stereocenters. The van der Waals surface area contributed by atoms with Crippen LogP contribution in [-0.4, -0.2) is 11.2 Å². The van der Waals surface area contributed by atoms with E-state index < -0.39 is 17.7 Å². The summed E-state index contributed by atoms with van der Waals surface area (Å²) in [6.45, 7) is 1.66. The van der Waals surface area contributed by atoms with E-state index in [2.05, 4.69) is 11.8 Å². The molecule has 0 aromatic heterocycles. The Morgan fingerprint density at radius 1 is 1.40 bits per heavy atom. The molecule has 0 aliphatic carbocycles. The van der Waals surface area contributed by atoms with E-state index in [1.807, 2.05) is 0 Å². The van der Waals surface area contributed by atoms with Crippen molar-refractivity contribution in [3.8, 4) is 11.8 Å². The molecule has 1 nitrogen and oxygen atoms in total. The fraction of sp³-hybridized carbons (Fsp3) is 0.333. The van der Waals surface area contributed by atoms with Crippen LogP contribution in [0.25, 0.3) is 0 Å². The van der Waals surface area contributed by atoms with Gasteiger partial charge < -0.3 is 5.11 Å². The van der Waals surface area contributed by atoms with Crippen molar-refractivity contribution >= 4 is 0 Å². The standard InChI is InChI=1S/C12H12F2O/c1-2-3-6-10(15)8-9-5-4-7-11(13)12(9)14/h4-5,7,10,15H,6,8H2,1H3. The molecule has 1 aromatic carbocycles. The predicted molar refractivity (Wildman–Crippen MR) is 54.1 cm³/mol. The van der Waals surface area contributed by atoms with Crippen LogP contribution in [0.5, 0.6) is 0 Å². The molecule has 80 valence electrons. The number of halogens is 2. The molecule has 0 spiro atoms. The lowest BCUT2D eigenvalue weighted by Crippen LogP contribution is -2.11. The molecule has 0 heterocycles. The van der Waals surface area contributed by atoms with Gasteiger partial charge in [-0.05, 0) is 18.6 Å². The fourth-order valence-corrected chi connectivity index (χ4v) is 1.25. The predicted octanol–water partition coefficient (Wildman–Crippen LogP) is 2.28. The zero-order valence-corrected chi connectivity index (χ0v) is 8.43. The van der Waals surface area contributed by atoms with Crippen LogP contribution in [-0.2, 0) is 6.42 Å². The van der Waals surface area contributed by atoms with Gasteiger partial charge in [-0.15, -0.1) is 11.8 Å². The van der Waals surface area contributed by atoms with Gasteiger partial charge in [0.2, 0.25) is 0 Å². The molecule has 1 N–H and O–H groups in total. The monoisotopic (exact) mass is 210 g/mol.